The monoisotopic (exact) mass is 296 g/mol. The first-order valence-electron chi connectivity index (χ1n) is 8.91. The van der Waals surface area contributed by atoms with Crippen molar-refractivity contribution in [2.24, 2.45) is 0 Å². The number of hydrogen-bond donors (Lipinski definition) is 1. The van der Waals surface area contributed by atoms with Gasteiger partial charge in [0.2, 0.25) is 0 Å². The molecular weight excluding hydrogens is 260 g/mol. The van der Waals surface area contributed by atoms with Crippen LogP contribution in [-0.2, 0) is 0 Å². The third-order valence-corrected chi connectivity index (χ3v) is 5.99. The molecule has 0 bridgehead atoms. The minimum Gasteiger partial charge on any atom is -0.308 e. The van der Waals surface area contributed by atoms with E-state index in [-0.39, 0.29) is 0 Å². The average Bonchev–Trinajstić information content (AvgIpc) is 2.51. The largest absolute Gasteiger partial charge is 0.308 e. The Kier molecular flexibility index (Phi) is 6.06. The normalized spacial score (nSPS) is 32.4. The highest BCUT2D eigenvalue weighted by Crippen LogP contribution is 2.24. The Morgan fingerprint density at radius 1 is 1.05 bits per heavy atom. The van der Waals surface area contributed by atoms with Crippen LogP contribution in [0.25, 0.3) is 0 Å². The van der Waals surface area contributed by atoms with E-state index in [9.17, 15) is 0 Å². The molecule has 21 heavy (non-hydrogen) atoms. The van der Waals surface area contributed by atoms with Gasteiger partial charge >= 0.3 is 0 Å². The third-order valence-electron chi connectivity index (χ3n) is 5.99. The van der Waals surface area contributed by atoms with E-state index < -0.39 is 0 Å². The van der Waals surface area contributed by atoms with Crippen molar-refractivity contribution < 1.29 is 0 Å². The van der Waals surface area contributed by atoms with Crippen molar-refractivity contribution in [2.45, 2.75) is 57.7 Å². The van der Waals surface area contributed by atoms with Gasteiger partial charge in [0, 0.05) is 56.9 Å². The van der Waals surface area contributed by atoms with Crippen LogP contribution in [-0.4, -0.2) is 85.7 Å². The quantitative estimate of drug-likeness (QED) is 0.829. The van der Waals surface area contributed by atoms with Crippen molar-refractivity contribution in [3.05, 3.63) is 0 Å². The first kappa shape index (κ1) is 17.2. The van der Waals surface area contributed by atoms with Crippen LogP contribution in [0, 0.1) is 0 Å². The van der Waals surface area contributed by atoms with Gasteiger partial charge in [-0.2, -0.15) is 0 Å². The molecule has 2 aliphatic heterocycles. The van der Waals surface area contributed by atoms with E-state index in [4.69, 9.17) is 0 Å². The second-order valence-corrected chi connectivity index (χ2v) is 7.26. The zero-order valence-corrected chi connectivity index (χ0v) is 14.9. The Morgan fingerprint density at radius 3 is 2.38 bits per heavy atom. The van der Waals surface area contributed by atoms with Gasteiger partial charge in [0.15, 0.2) is 0 Å². The average molecular weight is 297 g/mol. The first-order valence-corrected chi connectivity index (χ1v) is 8.91. The van der Waals surface area contributed by atoms with E-state index in [0.717, 1.165) is 6.54 Å². The molecular formula is C17H36N4. The SMILES string of the molecule is CCC1CNC(CC)(CC)CN1CC1CN(C)CCN1C. The highest BCUT2D eigenvalue weighted by Gasteiger charge is 2.37. The number of piperazine rings is 2. The number of nitrogens with zero attached hydrogens (tertiary/aromatic N) is 3. The summed E-state index contributed by atoms with van der Waals surface area (Å²) >= 11 is 0. The molecule has 0 amide bonds. The van der Waals surface area contributed by atoms with E-state index in [1.807, 2.05) is 0 Å². The maximum atomic E-state index is 3.85. The summed E-state index contributed by atoms with van der Waals surface area (Å²) in [5.41, 5.74) is 0.338. The highest BCUT2D eigenvalue weighted by molar-refractivity contribution is 4.98. The van der Waals surface area contributed by atoms with Gasteiger partial charge < -0.3 is 10.2 Å². The van der Waals surface area contributed by atoms with Crippen LogP contribution in [0.1, 0.15) is 40.0 Å². The van der Waals surface area contributed by atoms with Crippen LogP contribution in [0.5, 0.6) is 0 Å². The molecule has 2 heterocycles. The maximum absolute atomic E-state index is 3.85. The lowest BCUT2D eigenvalue weighted by Gasteiger charge is -2.50. The molecule has 0 spiro atoms. The third kappa shape index (κ3) is 3.98. The molecule has 0 aliphatic carbocycles. The molecule has 2 fully saturated rings. The zero-order valence-electron chi connectivity index (χ0n) is 14.9. The summed E-state index contributed by atoms with van der Waals surface area (Å²) in [5.74, 6) is 0. The van der Waals surface area contributed by atoms with Gasteiger partial charge in [-0.05, 0) is 33.4 Å². The molecule has 2 aliphatic rings. The van der Waals surface area contributed by atoms with E-state index in [0.29, 0.717) is 17.6 Å². The van der Waals surface area contributed by atoms with E-state index in [1.54, 1.807) is 0 Å². The predicted octanol–water partition coefficient (Wildman–Crippen LogP) is 1.47. The van der Waals surface area contributed by atoms with Crippen molar-refractivity contribution >= 4 is 0 Å². The summed E-state index contributed by atoms with van der Waals surface area (Å²) in [6.07, 6.45) is 3.72. The summed E-state index contributed by atoms with van der Waals surface area (Å²) in [7, 11) is 4.56. The smallest absolute Gasteiger partial charge is 0.0347 e. The fourth-order valence-corrected chi connectivity index (χ4v) is 3.95. The van der Waals surface area contributed by atoms with Crippen LogP contribution >= 0.6 is 0 Å². The molecule has 0 aromatic carbocycles. The van der Waals surface area contributed by atoms with Crippen LogP contribution in [0.2, 0.25) is 0 Å². The van der Waals surface area contributed by atoms with Gasteiger partial charge in [0.25, 0.3) is 0 Å². The lowest BCUT2D eigenvalue weighted by Crippen LogP contribution is -2.66. The molecule has 2 unspecified atom stereocenters. The molecule has 0 saturated carbocycles. The Bertz CT molecular complexity index is 316. The maximum Gasteiger partial charge on any atom is 0.0347 e. The molecule has 4 nitrogen and oxygen atoms in total. The molecule has 2 atom stereocenters. The topological polar surface area (TPSA) is 21.8 Å². The summed E-state index contributed by atoms with van der Waals surface area (Å²) in [5, 5.41) is 3.85. The summed E-state index contributed by atoms with van der Waals surface area (Å²) in [6.45, 7) is 14.2. The first-order chi connectivity index (χ1) is 10.0. The van der Waals surface area contributed by atoms with Crippen LogP contribution in [0.3, 0.4) is 0 Å². The molecule has 2 rings (SSSR count). The number of rotatable bonds is 5. The lowest BCUT2D eigenvalue weighted by molar-refractivity contribution is 0.0245. The predicted molar refractivity (Wildman–Crippen MR) is 90.9 cm³/mol. The zero-order chi connectivity index (χ0) is 15.5. The van der Waals surface area contributed by atoms with Crippen molar-refractivity contribution in [3.63, 3.8) is 0 Å². The van der Waals surface area contributed by atoms with Crippen LogP contribution < -0.4 is 5.32 Å². The summed E-state index contributed by atoms with van der Waals surface area (Å²) in [6, 6.07) is 1.39. The molecule has 1 N–H and O–H groups in total. The van der Waals surface area contributed by atoms with Gasteiger partial charge in [-0.3, -0.25) is 9.80 Å². The van der Waals surface area contributed by atoms with Crippen molar-refractivity contribution in [1.29, 1.82) is 0 Å². The summed E-state index contributed by atoms with van der Waals surface area (Å²) in [4.78, 5) is 7.83. The Labute approximate surface area is 131 Å². The molecule has 124 valence electrons. The second kappa shape index (κ2) is 7.40. The second-order valence-electron chi connectivity index (χ2n) is 7.26. The van der Waals surface area contributed by atoms with Crippen LogP contribution in [0.15, 0.2) is 0 Å². The van der Waals surface area contributed by atoms with E-state index in [1.165, 1.54) is 52.0 Å². The number of likely N-dealkylation sites (N-methyl/N-ethyl adjacent to an activating group) is 2. The Morgan fingerprint density at radius 2 is 1.76 bits per heavy atom. The van der Waals surface area contributed by atoms with Gasteiger partial charge in [-0.25, -0.2) is 0 Å². The minimum absolute atomic E-state index is 0.338. The molecule has 0 aromatic rings. The molecule has 2 saturated heterocycles. The fraction of sp³-hybridized carbons (Fsp3) is 1.00. The standard InChI is InChI=1S/C17H36N4/c1-6-15-11-18-17(7-2,8-3)14-21(15)13-16-12-19(4)9-10-20(16)5/h15-16,18H,6-14H2,1-5H3. The Hall–Kier alpha value is -0.160. The molecule has 0 radical (unpaired) electrons. The minimum atomic E-state index is 0.338. The number of nitrogens with one attached hydrogen (secondary N) is 1. The highest BCUT2D eigenvalue weighted by atomic mass is 15.3. The van der Waals surface area contributed by atoms with E-state index in [2.05, 4.69) is 54.9 Å². The van der Waals surface area contributed by atoms with Crippen molar-refractivity contribution in [3.8, 4) is 0 Å². The van der Waals surface area contributed by atoms with Crippen LogP contribution in [0.4, 0.5) is 0 Å². The van der Waals surface area contributed by atoms with Gasteiger partial charge in [0.1, 0.15) is 0 Å². The van der Waals surface area contributed by atoms with Crippen molar-refractivity contribution in [1.82, 2.24) is 20.0 Å². The lowest BCUT2D eigenvalue weighted by atomic mass is 9.87. The van der Waals surface area contributed by atoms with Gasteiger partial charge in [-0.15, -0.1) is 0 Å². The van der Waals surface area contributed by atoms with Crippen molar-refractivity contribution in [2.75, 3.05) is 53.4 Å². The fourth-order valence-electron chi connectivity index (χ4n) is 3.95. The number of hydrogen-bond acceptors (Lipinski definition) is 4. The van der Waals surface area contributed by atoms with E-state index >= 15 is 0 Å². The van der Waals surface area contributed by atoms with Gasteiger partial charge in [0.05, 0.1) is 0 Å². The molecule has 0 aromatic heterocycles. The molecule has 4 heteroatoms. The Balaban J connectivity index is 2.03. The van der Waals surface area contributed by atoms with Gasteiger partial charge in [-0.1, -0.05) is 20.8 Å². The summed E-state index contributed by atoms with van der Waals surface area (Å²) < 4.78 is 0.